The van der Waals surface area contributed by atoms with E-state index in [1.54, 1.807) is 61.0 Å². The van der Waals surface area contributed by atoms with Gasteiger partial charge in [0.25, 0.3) is 15.9 Å². The average molecular weight is 459 g/mol. The van der Waals surface area contributed by atoms with Gasteiger partial charge < -0.3 is 14.8 Å². The van der Waals surface area contributed by atoms with Gasteiger partial charge >= 0.3 is 0 Å². The van der Waals surface area contributed by atoms with Gasteiger partial charge in [-0.25, -0.2) is 8.42 Å². The summed E-state index contributed by atoms with van der Waals surface area (Å²) in [5.74, 6) is 0.819. The summed E-state index contributed by atoms with van der Waals surface area (Å²) >= 11 is 1.20. The minimum absolute atomic E-state index is 0.179. The van der Waals surface area contributed by atoms with Crippen molar-refractivity contribution in [1.82, 2.24) is 0 Å². The van der Waals surface area contributed by atoms with Crippen LogP contribution in [0.25, 0.3) is 0 Å². The fourth-order valence-corrected chi connectivity index (χ4v) is 6.06. The summed E-state index contributed by atoms with van der Waals surface area (Å²) in [4.78, 5) is 12.4. The van der Waals surface area contributed by atoms with Crippen LogP contribution >= 0.6 is 11.3 Å². The number of thiophene rings is 1. The summed E-state index contributed by atoms with van der Waals surface area (Å²) in [6, 6.07) is 15.7. The number of sulfonamides is 1. The first-order valence-corrected chi connectivity index (χ1v) is 12.1. The van der Waals surface area contributed by atoms with E-state index in [1.807, 2.05) is 6.07 Å². The first-order chi connectivity index (χ1) is 15.0. The summed E-state index contributed by atoms with van der Waals surface area (Å²) in [5, 5.41) is 4.53. The molecule has 0 atom stereocenters. The third kappa shape index (κ3) is 4.67. The molecule has 0 radical (unpaired) electrons. The first-order valence-electron chi connectivity index (χ1n) is 9.73. The fraction of sp³-hybridized carbons (Fsp3) is 0.227. The van der Waals surface area contributed by atoms with Gasteiger partial charge in [0.1, 0.15) is 15.7 Å². The highest BCUT2D eigenvalue weighted by Gasteiger charge is 2.30. The van der Waals surface area contributed by atoms with E-state index in [2.05, 4.69) is 5.32 Å². The molecule has 0 unspecified atom stereocenters. The lowest BCUT2D eigenvalue weighted by Crippen LogP contribution is -2.35. The van der Waals surface area contributed by atoms with Crippen molar-refractivity contribution >= 4 is 38.6 Å². The van der Waals surface area contributed by atoms with Gasteiger partial charge in [0, 0.05) is 18.3 Å². The number of amides is 1. The number of fused-ring (bicyclic) bond motifs is 1. The van der Waals surface area contributed by atoms with E-state index >= 15 is 0 Å². The van der Waals surface area contributed by atoms with Crippen molar-refractivity contribution in [3.05, 3.63) is 65.5 Å². The summed E-state index contributed by atoms with van der Waals surface area (Å²) in [6.07, 6.45) is 1.54. The molecule has 0 fully saturated rings. The fourth-order valence-electron chi connectivity index (χ4n) is 3.42. The quantitative estimate of drug-likeness (QED) is 0.580. The van der Waals surface area contributed by atoms with Crippen LogP contribution < -0.4 is 19.1 Å². The van der Waals surface area contributed by atoms with Crippen molar-refractivity contribution in [2.75, 3.05) is 29.9 Å². The van der Waals surface area contributed by atoms with Crippen LogP contribution in [0.5, 0.6) is 11.5 Å². The molecule has 4 rings (SSSR count). The number of carbonyl (C=O) groups is 1. The molecule has 1 aromatic heterocycles. The minimum Gasteiger partial charge on any atom is -0.497 e. The number of nitrogens with one attached hydrogen (secondary N) is 1. The Morgan fingerprint density at radius 2 is 1.97 bits per heavy atom. The van der Waals surface area contributed by atoms with E-state index in [0.717, 1.165) is 18.4 Å². The maximum atomic E-state index is 13.1. The normalized spacial score (nSPS) is 13.4. The SMILES string of the molecule is COc1cccc(OCC(=O)Nc2ccc3c(c2)N(S(=O)(=O)c2cccs2)CCC3)c1. The highest BCUT2D eigenvalue weighted by molar-refractivity contribution is 7.94. The van der Waals surface area contributed by atoms with Crippen molar-refractivity contribution in [3.8, 4) is 11.5 Å². The van der Waals surface area contributed by atoms with Crippen molar-refractivity contribution in [2.24, 2.45) is 0 Å². The Hall–Kier alpha value is -3.04. The van der Waals surface area contributed by atoms with Gasteiger partial charge in [0.05, 0.1) is 12.8 Å². The second-order valence-corrected chi connectivity index (χ2v) is 10.0. The molecule has 0 aliphatic carbocycles. The highest BCUT2D eigenvalue weighted by Crippen LogP contribution is 2.35. The van der Waals surface area contributed by atoms with Crippen LogP contribution in [0, 0.1) is 0 Å². The lowest BCUT2D eigenvalue weighted by molar-refractivity contribution is -0.118. The predicted octanol–water partition coefficient (Wildman–Crippen LogP) is 3.92. The van der Waals surface area contributed by atoms with Gasteiger partial charge in [-0.15, -0.1) is 11.3 Å². The van der Waals surface area contributed by atoms with Crippen molar-refractivity contribution < 1.29 is 22.7 Å². The van der Waals surface area contributed by atoms with Crippen LogP contribution in [-0.2, 0) is 21.2 Å². The maximum Gasteiger partial charge on any atom is 0.273 e. The van der Waals surface area contributed by atoms with Crippen LogP contribution in [0.4, 0.5) is 11.4 Å². The molecule has 1 amide bonds. The Morgan fingerprint density at radius 1 is 1.13 bits per heavy atom. The molecular weight excluding hydrogens is 436 g/mol. The zero-order valence-electron chi connectivity index (χ0n) is 16.9. The summed E-state index contributed by atoms with van der Waals surface area (Å²) < 4.78 is 38.6. The molecule has 1 aliphatic heterocycles. The van der Waals surface area contributed by atoms with E-state index in [4.69, 9.17) is 9.47 Å². The second-order valence-electron chi connectivity index (χ2n) is 6.97. The number of hydrogen-bond donors (Lipinski definition) is 1. The van der Waals surface area contributed by atoms with Gasteiger partial charge in [0.15, 0.2) is 6.61 Å². The Labute approximate surface area is 185 Å². The van der Waals surface area contributed by atoms with Crippen LogP contribution in [0.2, 0.25) is 0 Å². The monoisotopic (exact) mass is 458 g/mol. The molecule has 0 saturated heterocycles. The van der Waals surface area contributed by atoms with Gasteiger partial charge in [-0.3, -0.25) is 9.10 Å². The molecule has 3 aromatic rings. The molecule has 0 spiro atoms. The molecule has 1 aliphatic rings. The van der Waals surface area contributed by atoms with E-state index in [-0.39, 0.29) is 12.5 Å². The van der Waals surface area contributed by atoms with E-state index in [1.165, 1.54) is 15.6 Å². The van der Waals surface area contributed by atoms with E-state index in [9.17, 15) is 13.2 Å². The molecule has 1 N–H and O–H groups in total. The number of nitrogens with zero attached hydrogens (tertiary/aromatic N) is 1. The number of hydrogen-bond acceptors (Lipinski definition) is 6. The zero-order chi connectivity index (χ0) is 21.8. The number of carbonyl (C=O) groups excluding carboxylic acids is 1. The number of aryl methyl sites for hydroxylation is 1. The summed E-state index contributed by atoms with van der Waals surface area (Å²) in [5.41, 5.74) is 2.06. The van der Waals surface area contributed by atoms with Crippen molar-refractivity contribution in [1.29, 1.82) is 0 Å². The number of ether oxygens (including phenoxy) is 2. The van der Waals surface area contributed by atoms with E-state index in [0.29, 0.717) is 33.6 Å². The molecule has 162 valence electrons. The molecule has 0 saturated carbocycles. The number of anilines is 2. The average Bonchev–Trinajstić information content (AvgIpc) is 3.33. The Kier molecular flexibility index (Phi) is 6.15. The van der Waals surface area contributed by atoms with Crippen LogP contribution in [0.15, 0.2) is 64.2 Å². The van der Waals surface area contributed by atoms with Gasteiger partial charge in [-0.2, -0.15) is 0 Å². The van der Waals surface area contributed by atoms with Crippen molar-refractivity contribution in [2.45, 2.75) is 17.1 Å². The van der Waals surface area contributed by atoms with Crippen LogP contribution in [0.3, 0.4) is 0 Å². The molecule has 2 heterocycles. The lowest BCUT2D eigenvalue weighted by Gasteiger charge is -2.30. The Bertz CT molecular complexity index is 1180. The van der Waals surface area contributed by atoms with Crippen LogP contribution in [0.1, 0.15) is 12.0 Å². The number of methoxy groups -OCH3 is 1. The minimum atomic E-state index is -3.63. The zero-order valence-corrected chi connectivity index (χ0v) is 18.5. The highest BCUT2D eigenvalue weighted by atomic mass is 32.2. The van der Waals surface area contributed by atoms with Crippen LogP contribution in [-0.4, -0.2) is 34.6 Å². The largest absolute Gasteiger partial charge is 0.497 e. The second kappa shape index (κ2) is 8.99. The lowest BCUT2D eigenvalue weighted by atomic mass is 10.0. The molecule has 9 heteroatoms. The maximum absolute atomic E-state index is 13.1. The molecule has 7 nitrogen and oxygen atoms in total. The van der Waals surface area contributed by atoms with Crippen molar-refractivity contribution in [3.63, 3.8) is 0 Å². The standard InChI is InChI=1S/C22H22N2O5S2/c1-28-18-6-2-7-19(14-18)29-15-21(25)23-17-10-9-16-5-3-11-24(20(16)13-17)31(26,27)22-8-4-12-30-22/h2,4,6-10,12-14H,3,5,11,15H2,1H3,(H,23,25). The topological polar surface area (TPSA) is 84.9 Å². The van der Waals surface area contributed by atoms with Gasteiger partial charge in [-0.1, -0.05) is 18.2 Å². The number of rotatable bonds is 7. The molecule has 2 aromatic carbocycles. The third-order valence-electron chi connectivity index (χ3n) is 4.90. The predicted molar refractivity (Wildman–Crippen MR) is 121 cm³/mol. The van der Waals surface area contributed by atoms with E-state index < -0.39 is 10.0 Å². The van der Waals surface area contributed by atoms with Gasteiger partial charge in [0.2, 0.25) is 0 Å². The molecule has 0 bridgehead atoms. The Balaban J connectivity index is 1.49. The molecular formula is C22H22N2O5S2. The first kappa shape index (κ1) is 21.2. The summed E-state index contributed by atoms with van der Waals surface area (Å²) in [6.45, 7) is 0.227. The van der Waals surface area contributed by atoms with Gasteiger partial charge in [-0.05, 0) is 54.1 Å². The Morgan fingerprint density at radius 3 is 2.74 bits per heavy atom. The number of benzene rings is 2. The molecule has 31 heavy (non-hydrogen) atoms. The third-order valence-corrected chi connectivity index (χ3v) is 8.08. The smallest absolute Gasteiger partial charge is 0.273 e. The summed E-state index contributed by atoms with van der Waals surface area (Å²) in [7, 11) is -2.07.